The van der Waals surface area contributed by atoms with Gasteiger partial charge in [0.05, 0.1) is 11.6 Å². The summed E-state index contributed by atoms with van der Waals surface area (Å²) >= 11 is 0. The zero-order valence-corrected chi connectivity index (χ0v) is 11.9. The van der Waals surface area contributed by atoms with E-state index in [1.54, 1.807) is 7.11 Å². The number of likely N-dealkylation sites (tertiary alicyclic amines) is 1. The van der Waals surface area contributed by atoms with E-state index in [0.29, 0.717) is 6.54 Å². The van der Waals surface area contributed by atoms with Crippen LogP contribution in [0.4, 0.5) is 0 Å². The van der Waals surface area contributed by atoms with Gasteiger partial charge in [0, 0.05) is 20.2 Å². The predicted octanol–water partition coefficient (Wildman–Crippen LogP) is 0.341. The normalized spacial score (nSPS) is 27.1. The van der Waals surface area contributed by atoms with Crippen LogP contribution in [0, 0.1) is 0 Å². The van der Waals surface area contributed by atoms with Crippen molar-refractivity contribution in [2.75, 3.05) is 33.3 Å². The van der Waals surface area contributed by atoms with Crippen LogP contribution in [0.1, 0.15) is 33.1 Å². The number of nitrogens with zero attached hydrogens (tertiary/aromatic N) is 1. The first kappa shape index (κ1) is 15.4. The van der Waals surface area contributed by atoms with E-state index in [1.165, 1.54) is 0 Å². The molecule has 0 saturated carbocycles. The van der Waals surface area contributed by atoms with E-state index in [9.17, 15) is 4.79 Å². The minimum Gasteiger partial charge on any atom is -0.377 e. The van der Waals surface area contributed by atoms with Crippen molar-refractivity contribution in [2.45, 2.75) is 44.8 Å². The maximum absolute atomic E-state index is 11.4. The van der Waals surface area contributed by atoms with E-state index in [-0.39, 0.29) is 17.6 Å². The number of carbonyl (C=O) groups excluding carboxylic acids is 1. The lowest BCUT2D eigenvalue weighted by Crippen LogP contribution is -2.54. The van der Waals surface area contributed by atoms with E-state index in [4.69, 9.17) is 10.5 Å². The Morgan fingerprint density at radius 2 is 2.33 bits per heavy atom. The molecule has 0 aromatic carbocycles. The lowest BCUT2D eigenvalue weighted by atomic mass is 9.94. The fourth-order valence-electron chi connectivity index (χ4n) is 2.46. The van der Waals surface area contributed by atoms with Gasteiger partial charge in [-0.05, 0) is 39.3 Å². The molecule has 1 aliphatic heterocycles. The Hall–Kier alpha value is -0.650. The van der Waals surface area contributed by atoms with Gasteiger partial charge in [0.1, 0.15) is 0 Å². The highest BCUT2D eigenvalue weighted by Gasteiger charge is 2.32. The van der Waals surface area contributed by atoms with E-state index in [2.05, 4.69) is 24.1 Å². The SMILES string of the molecule is CCCNC(CN1CCCC(C)(OC)C1)C(N)=O. The first-order chi connectivity index (χ1) is 8.50. The highest BCUT2D eigenvalue weighted by Crippen LogP contribution is 2.23. The number of amides is 1. The number of hydrogen-bond donors (Lipinski definition) is 2. The number of nitrogens with one attached hydrogen (secondary N) is 1. The molecule has 1 amide bonds. The lowest BCUT2D eigenvalue weighted by molar-refractivity contribution is -0.121. The Bertz CT molecular complexity index is 273. The molecule has 1 fully saturated rings. The van der Waals surface area contributed by atoms with Gasteiger partial charge in [-0.3, -0.25) is 9.69 Å². The van der Waals surface area contributed by atoms with Crippen molar-refractivity contribution in [3.8, 4) is 0 Å². The largest absolute Gasteiger partial charge is 0.377 e. The summed E-state index contributed by atoms with van der Waals surface area (Å²) in [5.74, 6) is -0.270. The second kappa shape index (κ2) is 7.07. The van der Waals surface area contributed by atoms with Gasteiger partial charge in [-0.1, -0.05) is 6.92 Å². The second-order valence-electron chi connectivity index (χ2n) is 5.40. The number of methoxy groups -OCH3 is 1. The minimum atomic E-state index is -0.270. The Kier molecular flexibility index (Phi) is 6.05. The van der Waals surface area contributed by atoms with Crippen LogP contribution in [-0.2, 0) is 9.53 Å². The third-order valence-electron chi connectivity index (χ3n) is 3.66. The van der Waals surface area contributed by atoms with Gasteiger partial charge < -0.3 is 15.8 Å². The molecule has 0 aromatic rings. The fourth-order valence-corrected chi connectivity index (χ4v) is 2.46. The molecule has 106 valence electrons. The summed E-state index contributed by atoms with van der Waals surface area (Å²) in [6.45, 7) is 7.57. The summed E-state index contributed by atoms with van der Waals surface area (Å²) in [6, 6.07) is -0.260. The third kappa shape index (κ3) is 4.55. The van der Waals surface area contributed by atoms with E-state index < -0.39 is 0 Å². The van der Waals surface area contributed by atoms with Crippen LogP contribution in [0.15, 0.2) is 0 Å². The van der Waals surface area contributed by atoms with E-state index >= 15 is 0 Å². The van der Waals surface area contributed by atoms with Crippen molar-refractivity contribution in [2.24, 2.45) is 5.73 Å². The molecule has 1 rings (SSSR count). The van der Waals surface area contributed by atoms with Crippen molar-refractivity contribution in [3.63, 3.8) is 0 Å². The third-order valence-corrected chi connectivity index (χ3v) is 3.66. The molecule has 1 aliphatic rings. The van der Waals surface area contributed by atoms with Gasteiger partial charge in [0.25, 0.3) is 0 Å². The molecule has 5 nitrogen and oxygen atoms in total. The average molecular weight is 257 g/mol. The molecule has 1 heterocycles. The quantitative estimate of drug-likeness (QED) is 0.690. The van der Waals surface area contributed by atoms with Crippen molar-refractivity contribution < 1.29 is 9.53 Å². The minimum absolute atomic E-state index is 0.0921. The zero-order valence-electron chi connectivity index (χ0n) is 11.9. The van der Waals surface area contributed by atoms with Crippen LogP contribution >= 0.6 is 0 Å². The van der Waals surface area contributed by atoms with Crippen molar-refractivity contribution in [1.29, 1.82) is 0 Å². The highest BCUT2D eigenvalue weighted by atomic mass is 16.5. The molecule has 18 heavy (non-hydrogen) atoms. The second-order valence-corrected chi connectivity index (χ2v) is 5.40. The molecule has 3 N–H and O–H groups in total. The van der Waals surface area contributed by atoms with Crippen LogP contribution in [-0.4, -0.2) is 55.7 Å². The van der Waals surface area contributed by atoms with E-state index in [1.807, 2.05) is 0 Å². The fraction of sp³-hybridized carbons (Fsp3) is 0.923. The number of rotatable bonds is 7. The number of piperidine rings is 1. The van der Waals surface area contributed by atoms with Crippen molar-refractivity contribution in [1.82, 2.24) is 10.2 Å². The van der Waals surface area contributed by atoms with Gasteiger partial charge >= 0.3 is 0 Å². The maximum Gasteiger partial charge on any atom is 0.235 e. The first-order valence-corrected chi connectivity index (χ1v) is 6.81. The van der Waals surface area contributed by atoms with Crippen LogP contribution in [0.25, 0.3) is 0 Å². The number of nitrogens with two attached hydrogens (primary N) is 1. The molecule has 0 bridgehead atoms. The van der Waals surface area contributed by atoms with E-state index in [0.717, 1.165) is 38.9 Å². The number of ether oxygens (including phenoxy) is 1. The predicted molar refractivity (Wildman–Crippen MR) is 72.4 cm³/mol. The van der Waals surface area contributed by atoms with Gasteiger partial charge in [0.15, 0.2) is 0 Å². The summed E-state index contributed by atoms with van der Waals surface area (Å²) in [5.41, 5.74) is 5.34. The summed E-state index contributed by atoms with van der Waals surface area (Å²) in [6.07, 6.45) is 3.17. The molecule has 0 aliphatic carbocycles. The molecule has 5 heteroatoms. The molecule has 2 unspecified atom stereocenters. The van der Waals surface area contributed by atoms with Crippen LogP contribution < -0.4 is 11.1 Å². The van der Waals surface area contributed by atoms with Crippen molar-refractivity contribution >= 4 is 5.91 Å². The Labute approximate surface area is 110 Å². The summed E-state index contributed by atoms with van der Waals surface area (Å²) in [4.78, 5) is 13.7. The molecule has 0 spiro atoms. The monoisotopic (exact) mass is 257 g/mol. The maximum atomic E-state index is 11.4. The van der Waals surface area contributed by atoms with Gasteiger partial charge in [-0.15, -0.1) is 0 Å². The average Bonchev–Trinajstić information content (AvgIpc) is 2.34. The molecule has 2 atom stereocenters. The van der Waals surface area contributed by atoms with Gasteiger partial charge in [0.2, 0.25) is 5.91 Å². The molecule has 1 saturated heterocycles. The summed E-state index contributed by atoms with van der Waals surface area (Å²) in [5, 5.41) is 3.20. The van der Waals surface area contributed by atoms with Crippen LogP contribution in [0.2, 0.25) is 0 Å². The smallest absolute Gasteiger partial charge is 0.235 e. The lowest BCUT2D eigenvalue weighted by Gasteiger charge is -2.40. The Morgan fingerprint density at radius 3 is 2.89 bits per heavy atom. The Balaban J connectivity index is 2.50. The summed E-state index contributed by atoms with van der Waals surface area (Å²) < 4.78 is 5.55. The first-order valence-electron chi connectivity index (χ1n) is 6.81. The van der Waals surface area contributed by atoms with Gasteiger partial charge in [-0.25, -0.2) is 0 Å². The van der Waals surface area contributed by atoms with Crippen molar-refractivity contribution in [3.05, 3.63) is 0 Å². The number of hydrogen-bond acceptors (Lipinski definition) is 4. The van der Waals surface area contributed by atoms with Crippen LogP contribution in [0.5, 0.6) is 0 Å². The molecular weight excluding hydrogens is 230 g/mol. The summed E-state index contributed by atoms with van der Waals surface area (Å²) in [7, 11) is 1.75. The number of primary amides is 1. The topological polar surface area (TPSA) is 67.6 Å². The van der Waals surface area contributed by atoms with Crippen LogP contribution in [0.3, 0.4) is 0 Å². The standard InChI is InChI=1S/C13H27N3O2/c1-4-7-15-11(12(14)17)9-16-8-5-6-13(2,10-16)18-3/h11,15H,4-10H2,1-3H3,(H2,14,17). The zero-order chi connectivity index (χ0) is 13.6. The highest BCUT2D eigenvalue weighted by molar-refractivity contribution is 5.80. The molecule has 0 aromatic heterocycles. The molecular formula is C13H27N3O2. The van der Waals surface area contributed by atoms with Gasteiger partial charge in [-0.2, -0.15) is 0 Å². The number of carbonyl (C=O) groups is 1. The Morgan fingerprint density at radius 1 is 1.61 bits per heavy atom. The molecule has 0 radical (unpaired) electrons.